The van der Waals surface area contributed by atoms with Gasteiger partial charge in [0.15, 0.2) is 0 Å². The fourth-order valence-corrected chi connectivity index (χ4v) is 2.08. The van der Waals surface area contributed by atoms with Crippen LogP contribution in [0.4, 0.5) is 0 Å². The van der Waals surface area contributed by atoms with E-state index in [2.05, 4.69) is 25.7 Å². The van der Waals surface area contributed by atoms with Crippen molar-refractivity contribution in [3.63, 3.8) is 0 Å². The summed E-state index contributed by atoms with van der Waals surface area (Å²) in [5.74, 6) is -0.104. The Morgan fingerprint density at radius 1 is 1.39 bits per heavy atom. The lowest BCUT2D eigenvalue weighted by atomic mass is 9.88. The molecule has 2 rings (SSSR count). The van der Waals surface area contributed by atoms with Gasteiger partial charge >= 0.3 is 5.97 Å². The Morgan fingerprint density at radius 3 is 2.83 bits per heavy atom. The predicted molar refractivity (Wildman–Crippen MR) is 72.9 cm³/mol. The summed E-state index contributed by atoms with van der Waals surface area (Å²) in [5.41, 5.74) is 2.72. The van der Waals surface area contributed by atoms with Crippen molar-refractivity contribution < 1.29 is 9.53 Å². The van der Waals surface area contributed by atoms with E-state index < -0.39 is 0 Å². The molecule has 1 aromatic rings. The third kappa shape index (κ3) is 2.37. The molecule has 0 aliphatic heterocycles. The zero-order valence-corrected chi connectivity index (χ0v) is 10.8. The number of hydrogen-bond donors (Lipinski definition) is 0. The molecule has 1 aromatic carbocycles. The Labute approximate surface area is 108 Å². The van der Waals surface area contributed by atoms with Gasteiger partial charge in [-0.1, -0.05) is 56.8 Å². The van der Waals surface area contributed by atoms with Crippen LogP contribution in [0.15, 0.2) is 42.5 Å². The maximum atomic E-state index is 11.9. The summed E-state index contributed by atoms with van der Waals surface area (Å²) >= 11 is 0. The molecule has 2 heteroatoms. The van der Waals surface area contributed by atoms with Gasteiger partial charge in [-0.2, -0.15) is 0 Å². The second-order valence-electron chi connectivity index (χ2n) is 4.63. The van der Waals surface area contributed by atoms with Crippen molar-refractivity contribution in [1.29, 1.82) is 0 Å². The van der Waals surface area contributed by atoms with Gasteiger partial charge in [0.1, 0.15) is 6.10 Å². The first-order valence-corrected chi connectivity index (χ1v) is 6.29. The highest BCUT2D eigenvalue weighted by Crippen LogP contribution is 2.35. The topological polar surface area (TPSA) is 26.3 Å². The lowest BCUT2D eigenvalue weighted by Gasteiger charge is -2.27. The lowest BCUT2D eigenvalue weighted by Crippen LogP contribution is -2.20. The number of fused-ring (bicyclic) bond motifs is 1. The van der Waals surface area contributed by atoms with Gasteiger partial charge in [-0.15, -0.1) is 0 Å². The molecule has 0 saturated heterocycles. The van der Waals surface area contributed by atoms with E-state index in [1.165, 1.54) is 0 Å². The number of carbonyl (C=O) groups excluding carboxylic acids is 1. The molecule has 2 unspecified atom stereocenters. The van der Waals surface area contributed by atoms with Crippen LogP contribution in [0.2, 0.25) is 0 Å². The van der Waals surface area contributed by atoms with Gasteiger partial charge in [0, 0.05) is 17.1 Å². The molecular weight excluding hydrogens is 224 g/mol. The van der Waals surface area contributed by atoms with Gasteiger partial charge < -0.3 is 4.74 Å². The van der Waals surface area contributed by atoms with Crippen LogP contribution in [0.3, 0.4) is 0 Å². The molecule has 0 amide bonds. The highest BCUT2D eigenvalue weighted by atomic mass is 16.5. The summed E-state index contributed by atoms with van der Waals surface area (Å²) in [6.45, 7) is 7.69. The summed E-state index contributed by atoms with van der Waals surface area (Å²) in [6, 6.07) is 8.01. The summed E-state index contributed by atoms with van der Waals surface area (Å²) in [4.78, 5) is 11.9. The molecule has 0 heterocycles. The summed E-state index contributed by atoms with van der Waals surface area (Å²) in [5, 5.41) is 0. The van der Waals surface area contributed by atoms with Gasteiger partial charge in [0.25, 0.3) is 0 Å². The van der Waals surface area contributed by atoms with Crippen molar-refractivity contribution in [2.24, 2.45) is 5.92 Å². The van der Waals surface area contributed by atoms with Crippen LogP contribution < -0.4 is 0 Å². The van der Waals surface area contributed by atoms with E-state index in [1.54, 1.807) is 0 Å². The monoisotopic (exact) mass is 242 g/mol. The predicted octanol–water partition coefficient (Wildman–Crippen LogP) is 3.90. The molecule has 0 saturated carbocycles. The molecule has 0 bridgehead atoms. The molecule has 1 aliphatic rings. The van der Waals surface area contributed by atoms with Gasteiger partial charge in [0.2, 0.25) is 0 Å². The van der Waals surface area contributed by atoms with Crippen LogP contribution in [-0.2, 0) is 9.53 Å². The van der Waals surface area contributed by atoms with Crippen LogP contribution in [0.25, 0.3) is 6.08 Å². The van der Waals surface area contributed by atoms with Gasteiger partial charge in [-0.05, 0) is 12.0 Å². The molecule has 0 N–H and O–H groups in total. The van der Waals surface area contributed by atoms with Crippen molar-refractivity contribution in [2.45, 2.75) is 26.4 Å². The molecule has 0 aromatic heterocycles. The first-order chi connectivity index (χ1) is 8.63. The second kappa shape index (κ2) is 5.21. The number of carbonyl (C=O) groups is 1. The summed E-state index contributed by atoms with van der Waals surface area (Å²) in [7, 11) is 0. The van der Waals surface area contributed by atoms with E-state index >= 15 is 0 Å². The van der Waals surface area contributed by atoms with Crippen LogP contribution >= 0.6 is 0 Å². The Hall–Kier alpha value is -1.83. The summed E-state index contributed by atoms with van der Waals surface area (Å²) < 4.78 is 5.59. The van der Waals surface area contributed by atoms with Gasteiger partial charge in [-0.3, -0.25) is 0 Å². The van der Waals surface area contributed by atoms with Crippen molar-refractivity contribution in [1.82, 2.24) is 0 Å². The minimum absolute atomic E-state index is 0.188. The lowest BCUT2D eigenvalue weighted by molar-refractivity contribution is -0.146. The normalized spacial score (nSPS) is 21.2. The number of benzene rings is 1. The first-order valence-electron chi connectivity index (χ1n) is 6.29. The average molecular weight is 242 g/mol. The molecule has 18 heavy (non-hydrogen) atoms. The molecular formula is C16H18O2. The highest BCUT2D eigenvalue weighted by Gasteiger charge is 2.26. The number of rotatable bonds is 3. The van der Waals surface area contributed by atoms with E-state index in [-0.39, 0.29) is 18.0 Å². The minimum Gasteiger partial charge on any atom is -0.454 e. The number of esters is 1. The maximum absolute atomic E-state index is 11.9. The quantitative estimate of drug-likeness (QED) is 0.593. The smallest absolute Gasteiger partial charge is 0.334 e. The molecule has 0 spiro atoms. The van der Waals surface area contributed by atoms with Crippen molar-refractivity contribution in [3.05, 3.63) is 53.6 Å². The Kier molecular flexibility index (Phi) is 3.66. The maximum Gasteiger partial charge on any atom is 0.334 e. The molecule has 0 fully saturated rings. The molecule has 94 valence electrons. The van der Waals surface area contributed by atoms with Crippen molar-refractivity contribution >= 4 is 12.0 Å². The van der Waals surface area contributed by atoms with Crippen LogP contribution in [0.1, 0.15) is 37.5 Å². The largest absolute Gasteiger partial charge is 0.454 e. The third-order valence-electron chi connectivity index (χ3n) is 3.31. The fraction of sp³-hybridized carbons (Fsp3) is 0.312. The average Bonchev–Trinajstić information content (AvgIpc) is 2.41. The molecule has 2 atom stereocenters. The van der Waals surface area contributed by atoms with E-state index in [0.29, 0.717) is 12.0 Å². The van der Waals surface area contributed by atoms with Crippen LogP contribution in [0, 0.1) is 5.92 Å². The summed E-state index contributed by atoms with van der Waals surface area (Å²) in [6.07, 6.45) is 4.58. The molecule has 1 aliphatic carbocycles. The SMILES string of the molecule is C=C(CC)C(=O)OC1c2ccccc2C=CC1C. The van der Waals surface area contributed by atoms with E-state index in [4.69, 9.17) is 4.74 Å². The molecule has 0 radical (unpaired) electrons. The Balaban J connectivity index is 2.25. The zero-order chi connectivity index (χ0) is 13.1. The van der Waals surface area contributed by atoms with E-state index in [1.807, 2.05) is 31.2 Å². The molecule has 2 nitrogen and oxygen atoms in total. The van der Waals surface area contributed by atoms with Crippen molar-refractivity contribution in [2.75, 3.05) is 0 Å². The zero-order valence-electron chi connectivity index (χ0n) is 10.8. The van der Waals surface area contributed by atoms with E-state index in [9.17, 15) is 4.79 Å². The number of ether oxygens (including phenoxy) is 1. The van der Waals surface area contributed by atoms with Crippen LogP contribution in [0.5, 0.6) is 0 Å². The Bertz CT molecular complexity index is 500. The Morgan fingerprint density at radius 2 is 2.11 bits per heavy atom. The fourth-order valence-electron chi connectivity index (χ4n) is 2.08. The van der Waals surface area contributed by atoms with Crippen molar-refractivity contribution in [3.8, 4) is 0 Å². The first kappa shape index (κ1) is 12.6. The van der Waals surface area contributed by atoms with E-state index in [0.717, 1.165) is 11.1 Å². The second-order valence-corrected chi connectivity index (χ2v) is 4.63. The number of hydrogen-bond acceptors (Lipinski definition) is 2. The standard InChI is InChI=1S/C16H18O2/c1-4-11(2)16(17)18-15-12(3)9-10-13-7-5-6-8-14(13)15/h5-10,12,15H,2,4H2,1,3H3. The third-order valence-corrected chi connectivity index (χ3v) is 3.31. The van der Waals surface area contributed by atoms with Crippen LogP contribution in [-0.4, -0.2) is 5.97 Å². The minimum atomic E-state index is -0.292. The van der Waals surface area contributed by atoms with Gasteiger partial charge in [0.05, 0.1) is 0 Å². The van der Waals surface area contributed by atoms with Gasteiger partial charge in [-0.25, -0.2) is 4.79 Å². The highest BCUT2D eigenvalue weighted by molar-refractivity contribution is 5.87.